The van der Waals surface area contributed by atoms with Gasteiger partial charge >= 0.3 is 0 Å². The summed E-state index contributed by atoms with van der Waals surface area (Å²) >= 11 is 0. The molecule has 2 rings (SSSR count). The van der Waals surface area contributed by atoms with E-state index in [4.69, 9.17) is 4.74 Å². The van der Waals surface area contributed by atoms with E-state index < -0.39 is 5.60 Å². The maximum atomic E-state index is 10.2. The van der Waals surface area contributed by atoms with Crippen molar-refractivity contribution in [3.63, 3.8) is 0 Å². The minimum atomic E-state index is -0.422. The second-order valence-corrected chi connectivity index (χ2v) is 4.35. The highest BCUT2D eigenvalue weighted by Gasteiger charge is 2.32. The molecule has 1 aliphatic carbocycles. The Hall–Kier alpha value is -0.340. The molecule has 0 unspecified atom stereocenters. The lowest BCUT2D eigenvalue weighted by atomic mass is 9.83. The normalized spacial score (nSPS) is 28.1. The third kappa shape index (κ3) is 2.32. The Kier molecular flexibility index (Phi) is 2.70. The Labute approximate surface area is 79.6 Å². The first-order chi connectivity index (χ1) is 6.29. The molecule has 2 aliphatic rings. The van der Waals surface area contributed by atoms with Gasteiger partial charge in [-0.3, -0.25) is 0 Å². The summed E-state index contributed by atoms with van der Waals surface area (Å²) in [7, 11) is 0. The van der Waals surface area contributed by atoms with E-state index >= 15 is 0 Å². The predicted octanol–water partition coefficient (Wildman–Crippen LogP) is 1.88. The molecule has 2 heteroatoms. The van der Waals surface area contributed by atoms with E-state index in [1.165, 1.54) is 0 Å². The first-order valence-corrected chi connectivity index (χ1v) is 5.24. The molecule has 1 N–H and O–H groups in total. The summed E-state index contributed by atoms with van der Waals surface area (Å²) in [5, 5.41) is 10.2. The Morgan fingerprint density at radius 3 is 2.46 bits per heavy atom. The van der Waals surface area contributed by atoms with Crippen LogP contribution < -0.4 is 0 Å². The molecule has 0 atom stereocenters. The first-order valence-electron chi connectivity index (χ1n) is 5.24. The Morgan fingerprint density at radius 1 is 1.23 bits per heavy atom. The van der Waals surface area contributed by atoms with E-state index in [1.807, 2.05) is 0 Å². The zero-order valence-electron chi connectivity index (χ0n) is 8.04. The van der Waals surface area contributed by atoms with Gasteiger partial charge in [-0.25, -0.2) is 0 Å². The Morgan fingerprint density at radius 2 is 1.85 bits per heavy atom. The third-order valence-corrected chi connectivity index (χ3v) is 3.20. The number of aliphatic hydroxyl groups is 1. The molecule has 1 heterocycles. The molecule has 0 amide bonds. The second-order valence-electron chi connectivity index (χ2n) is 4.35. The monoisotopic (exact) mass is 182 g/mol. The highest BCUT2D eigenvalue weighted by Crippen LogP contribution is 2.33. The Bertz CT molecular complexity index is 184. The lowest BCUT2D eigenvalue weighted by molar-refractivity contribution is -0.0755. The largest absolute Gasteiger partial charge is 0.390 e. The van der Waals surface area contributed by atoms with Crippen molar-refractivity contribution in [2.75, 3.05) is 13.2 Å². The second kappa shape index (κ2) is 3.81. The zero-order chi connectivity index (χ0) is 9.15. The topological polar surface area (TPSA) is 29.5 Å². The van der Waals surface area contributed by atoms with Gasteiger partial charge in [-0.15, -0.1) is 0 Å². The van der Waals surface area contributed by atoms with Gasteiger partial charge in [0.1, 0.15) is 0 Å². The standard InChI is InChI=1S/C11H18O2/c12-11(5-7-13-8-6-11)9-10-3-1-2-4-10/h1-2,10,12H,3-9H2. The molecule has 1 aliphatic heterocycles. The molecule has 0 bridgehead atoms. The quantitative estimate of drug-likeness (QED) is 0.661. The molecular formula is C11H18O2. The van der Waals surface area contributed by atoms with Gasteiger partial charge in [0.05, 0.1) is 5.60 Å². The molecule has 0 radical (unpaired) electrons. The fraction of sp³-hybridized carbons (Fsp3) is 0.818. The predicted molar refractivity (Wildman–Crippen MR) is 51.5 cm³/mol. The summed E-state index contributed by atoms with van der Waals surface area (Å²) in [4.78, 5) is 0. The van der Waals surface area contributed by atoms with Crippen molar-refractivity contribution in [1.29, 1.82) is 0 Å². The molecule has 0 saturated carbocycles. The number of ether oxygens (including phenoxy) is 1. The highest BCUT2D eigenvalue weighted by atomic mass is 16.5. The molecule has 1 saturated heterocycles. The van der Waals surface area contributed by atoms with Crippen molar-refractivity contribution >= 4 is 0 Å². The minimum Gasteiger partial charge on any atom is -0.390 e. The van der Waals surface area contributed by atoms with Crippen molar-refractivity contribution < 1.29 is 9.84 Å². The van der Waals surface area contributed by atoms with Crippen LogP contribution in [0.1, 0.15) is 32.1 Å². The van der Waals surface area contributed by atoms with Gasteiger partial charge in [-0.05, 0) is 38.0 Å². The van der Waals surface area contributed by atoms with Crippen LogP contribution in [0.15, 0.2) is 12.2 Å². The summed E-state index contributed by atoms with van der Waals surface area (Å²) < 4.78 is 5.25. The van der Waals surface area contributed by atoms with Crippen molar-refractivity contribution in [3.8, 4) is 0 Å². The molecule has 2 nitrogen and oxygen atoms in total. The maximum Gasteiger partial charge on any atom is 0.0694 e. The van der Waals surface area contributed by atoms with Crippen LogP contribution in [0, 0.1) is 5.92 Å². The van der Waals surface area contributed by atoms with E-state index in [0.717, 1.165) is 45.3 Å². The summed E-state index contributed by atoms with van der Waals surface area (Å²) in [5.41, 5.74) is -0.422. The molecule has 0 aromatic carbocycles. The van der Waals surface area contributed by atoms with Gasteiger partial charge in [-0.1, -0.05) is 12.2 Å². The number of rotatable bonds is 2. The maximum absolute atomic E-state index is 10.2. The van der Waals surface area contributed by atoms with E-state index in [1.54, 1.807) is 0 Å². The first kappa shape index (κ1) is 9.22. The van der Waals surface area contributed by atoms with Crippen molar-refractivity contribution in [2.24, 2.45) is 5.92 Å². The number of hydrogen-bond acceptors (Lipinski definition) is 2. The average Bonchev–Trinajstić information content (AvgIpc) is 2.57. The molecule has 0 aromatic heterocycles. The smallest absolute Gasteiger partial charge is 0.0694 e. The summed E-state index contributed by atoms with van der Waals surface area (Å²) in [6, 6.07) is 0. The van der Waals surface area contributed by atoms with Gasteiger partial charge in [0.25, 0.3) is 0 Å². The fourth-order valence-electron chi connectivity index (χ4n) is 2.33. The van der Waals surface area contributed by atoms with Crippen LogP contribution in [0.5, 0.6) is 0 Å². The van der Waals surface area contributed by atoms with Crippen molar-refractivity contribution in [3.05, 3.63) is 12.2 Å². The van der Waals surface area contributed by atoms with Crippen LogP contribution in [-0.2, 0) is 4.74 Å². The molecule has 0 spiro atoms. The summed E-state index contributed by atoms with van der Waals surface area (Å²) in [6.45, 7) is 1.47. The Balaban J connectivity index is 1.84. The van der Waals surface area contributed by atoms with Crippen LogP contribution >= 0.6 is 0 Å². The average molecular weight is 182 g/mol. The highest BCUT2D eigenvalue weighted by molar-refractivity contribution is 4.97. The summed E-state index contributed by atoms with van der Waals surface area (Å²) in [6.07, 6.45) is 9.38. The third-order valence-electron chi connectivity index (χ3n) is 3.20. The minimum absolute atomic E-state index is 0.422. The number of allylic oxidation sites excluding steroid dienone is 2. The van der Waals surface area contributed by atoms with Gasteiger partial charge in [0.15, 0.2) is 0 Å². The van der Waals surface area contributed by atoms with E-state index in [0.29, 0.717) is 5.92 Å². The van der Waals surface area contributed by atoms with Crippen LogP contribution in [0.2, 0.25) is 0 Å². The summed E-state index contributed by atoms with van der Waals surface area (Å²) in [5.74, 6) is 0.683. The molecule has 74 valence electrons. The van der Waals surface area contributed by atoms with Crippen LogP contribution in [-0.4, -0.2) is 23.9 Å². The van der Waals surface area contributed by atoms with Gasteiger partial charge < -0.3 is 9.84 Å². The zero-order valence-corrected chi connectivity index (χ0v) is 8.04. The number of hydrogen-bond donors (Lipinski definition) is 1. The van der Waals surface area contributed by atoms with Gasteiger partial charge in [0, 0.05) is 13.2 Å². The van der Waals surface area contributed by atoms with E-state index in [-0.39, 0.29) is 0 Å². The lowest BCUT2D eigenvalue weighted by Crippen LogP contribution is -2.37. The van der Waals surface area contributed by atoms with Crippen LogP contribution in [0.25, 0.3) is 0 Å². The molecular weight excluding hydrogens is 164 g/mol. The van der Waals surface area contributed by atoms with Crippen molar-refractivity contribution in [1.82, 2.24) is 0 Å². The molecule has 0 aromatic rings. The van der Waals surface area contributed by atoms with Crippen LogP contribution in [0.3, 0.4) is 0 Å². The van der Waals surface area contributed by atoms with Crippen molar-refractivity contribution in [2.45, 2.75) is 37.7 Å². The van der Waals surface area contributed by atoms with Gasteiger partial charge in [0.2, 0.25) is 0 Å². The molecule has 13 heavy (non-hydrogen) atoms. The van der Waals surface area contributed by atoms with E-state index in [9.17, 15) is 5.11 Å². The van der Waals surface area contributed by atoms with Crippen LogP contribution in [0.4, 0.5) is 0 Å². The SMILES string of the molecule is OC1(CC2CC=CC2)CCOCC1. The van der Waals surface area contributed by atoms with Gasteiger partial charge in [-0.2, -0.15) is 0 Å². The lowest BCUT2D eigenvalue weighted by Gasteiger charge is -2.34. The molecule has 1 fully saturated rings. The fourth-order valence-corrected chi connectivity index (χ4v) is 2.33. The van der Waals surface area contributed by atoms with E-state index in [2.05, 4.69) is 12.2 Å².